The molecule has 0 saturated heterocycles. The van der Waals surface area contributed by atoms with Crippen molar-refractivity contribution in [2.24, 2.45) is 0 Å². The Morgan fingerprint density at radius 2 is 2.18 bits per heavy atom. The van der Waals surface area contributed by atoms with Crippen LogP contribution in [0.25, 0.3) is 0 Å². The topological polar surface area (TPSA) is 66.2 Å². The Hall–Kier alpha value is -0.940. The third kappa shape index (κ3) is 1.75. The Morgan fingerprint density at radius 1 is 1.55 bits per heavy atom. The second-order valence-corrected chi connectivity index (χ2v) is 2.83. The minimum Gasteiger partial charge on any atom is -0.768 e. The number of hydrogen-bond donors (Lipinski definition) is 1. The van der Waals surface area contributed by atoms with Crippen LogP contribution in [-0.4, -0.2) is 8.76 Å². The summed E-state index contributed by atoms with van der Waals surface area (Å²) in [6, 6.07) is 3.19. The van der Waals surface area contributed by atoms with Gasteiger partial charge in [-0.15, -0.1) is 0 Å². The molecule has 3 nitrogen and oxygen atoms in total. The summed E-state index contributed by atoms with van der Waals surface area (Å²) >= 11 is -2.47. The summed E-state index contributed by atoms with van der Waals surface area (Å²) in [5, 5.41) is 0. The van der Waals surface area contributed by atoms with Crippen molar-refractivity contribution in [1.82, 2.24) is 0 Å². The lowest BCUT2D eigenvalue weighted by Crippen LogP contribution is -1.97. The Kier molecular flexibility index (Phi) is 2.21. The summed E-state index contributed by atoms with van der Waals surface area (Å²) in [4.78, 5) is -0.204. The first-order valence-electron chi connectivity index (χ1n) is 2.75. The van der Waals surface area contributed by atoms with Gasteiger partial charge in [-0.3, -0.25) is 4.21 Å². The predicted octanol–water partition coefficient (Wildman–Crippen LogP) is 0.646. The molecular weight excluding hydrogens is 169 g/mol. The van der Waals surface area contributed by atoms with E-state index >= 15 is 0 Å². The van der Waals surface area contributed by atoms with Crippen molar-refractivity contribution < 1.29 is 13.2 Å². The number of benzene rings is 1. The van der Waals surface area contributed by atoms with E-state index in [1.165, 1.54) is 6.07 Å². The molecule has 0 bridgehead atoms. The van der Waals surface area contributed by atoms with E-state index in [1.54, 1.807) is 0 Å². The fraction of sp³-hybridized carbons (Fsp3) is 0. The number of anilines is 1. The fourth-order valence-corrected chi connectivity index (χ4v) is 1.12. The largest absolute Gasteiger partial charge is 0.768 e. The highest BCUT2D eigenvalue weighted by atomic mass is 32.2. The molecular formula is C6H5FNO2S-. The van der Waals surface area contributed by atoms with Crippen LogP contribution in [0.1, 0.15) is 0 Å². The van der Waals surface area contributed by atoms with Crippen molar-refractivity contribution in [3.8, 4) is 0 Å². The van der Waals surface area contributed by atoms with Crippen LogP contribution >= 0.6 is 0 Å². The molecule has 1 aromatic rings. The van der Waals surface area contributed by atoms with Crippen molar-refractivity contribution in [3.05, 3.63) is 24.0 Å². The first-order chi connectivity index (χ1) is 5.11. The van der Waals surface area contributed by atoms with Crippen LogP contribution in [0.2, 0.25) is 0 Å². The highest BCUT2D eigenvalue weighted by Gasteiger charge is 1.99. The van der Waals surface area contributed by atoms with Gasteiger partial charge in [0.15, 0.2) is 0 Å². The van der Waals surface area contributed by atoms with Crippen LogP contribution in [0.4, 0.5) is 10.1 Å². The molecule has 0 spiro atoms. The van der Waals surface area contributed by atoms with E-state index in [0.29, 0.717) is 0 Å². The normalized spacial score (nSPS) is 12.9. The van der Waals surface area contributed by atoms with Crippen molar-refractivity contribution in [3.63, 3.8) is 0 Å². The molecule has 1 rings (SSSR count). The summed E-state index contributed by atoms with van der Waals surface area (Å²) in [5.41, 5.74) is 5.29. The molecule has 5 heteroatoms. The molecule has 0 aliphatic rings. The third-order valence-corrected chi connectivity index (χ3v) is 1.87. The average Bonchev–Trinajstić information content (AvgIpc) is 1.94. The van der Waals surface area contributed by atoms with Gasteiger partial charge in [0, 0.05) is 5.69 Å². The van der Waals surface area contributed by atoms with Crippen LogP contribution in [0.5, 0.6) is 0 Å². The molecule has 0 fully saturated rings. The minimum absolute atomic E-state index is 0.0553. The summed E-state index contributed by atoms with van der Waals surface area (Å²) in [6.45, 7) is 0. The summed E-state index contributed by atoms with van der Waals surface area (Å²) in [7, 11) is 0. The summed E-state index contributed by atoms with van der Waals surface area (Å²) in [6.07, 6.45) is 0. The van der Waals surface area contributed by atoms with Gasteiger partial charge in [0.05, 0.1) is 4.90 Å². The number of nitrogens with two attached hydrogens (primary N) is 1. The summed E-state index contributed by atoms with van der Waals surface area (Å²) in [5.74, 6) is -0.613. The van der Waals surface area contributed by atoms with Gasteiger partial charge in [-0.2, -0.15) is 0 Å². The van der Waals surface area contributed by atoms with Crippen molar-refractivity contribution in [1.29, 1.82) is 0 Å². The number of halogens is 1. The zero-order valence-electron chi connectivity index (χ0n) is 5.41. The Morgan fingerprint density at radius 3 is 2.64 bits per heavy atom. The van der Waals surface area contributed by atoms with E-state index in [-0.39, 0.29) is 10.6 Å². The molecule has 1 atom stereocenters. The number of hydrogen-bond acceptors (Lipinski definition) is 3. The lowest BCUT2D eigenvalue weighted by molar-refractivity contribution is 0.535. The maximum Gasteiger partial charge on any atom is 0.124 e. The van der Waals surface area contributed by atoms with Crippen LogP contribution in [0.15, 0.2) is 23.1 Å². The molecule has 60 valence electrons. The van der Waals surface area contributed by atoms with E-state index in [9.17, 15) is 13.2 Å². The molecule has 0 aliphatic heterocycles. The molecule has 1 aromatic carbocycles. The Labute approximate surface area is 65.3 Å². The van der Waals surface area contributed by atoms with Crippen LogP contribution in [0, 0.1) is 5.82 Å². The monoisotopic (exact) mass is 174 g/mol. The maximum absolute atomic E-state index is 12.4. The highest BCUT2D eigenvalue weighted by molar-refractivity contribution is 7.79. The molecule has 11 heavy (non-hydrogen) atoms. The Balaban J connectivity index is 3.23. The van der Waals surface area contributed by atoms with Crippen molar-refractivity contribution in [2.75, 3.05) is 5.73 Å². The Bertz CT molecular complexity index is 303. The van der Waals surface area contributed by atoms with Gasteiger partial charge in [-0.05, 0) is 29.3 Å². The van der Waals surface area contributed by atoms with E-state index in [4.69, 9.17) is 5.73 Å². The minimum atomic E-state index is -2.47. The van der Waals surface area contributed by atoms with Crippen LogP contribution in [0.3, 0.4) is 0 Å². The standard InChI is InChI=1S/C6H6FNO2S/c7-4-1-2-5(8)6(3-4)11(9)10/h1-3H,8H2,(H,9,10)/p-1. The smallest absolute Gasteiger partial charge is 0.124 e. The number of nitrogen functional groups attached to an aromatic ring is 1. The van der Waals surface area contributed by atoms with Gasteiger partial charge >= 0.3 is 0 Å². The van der Waals surface area contributed by atoms with Crippen molar-refractivity contribution in [2.45, 2.75) is 4.90 Å². The molecule has 0 saturated carbocycles. The third-order valence-electron chi connectivity index (χ3n) is 1.16. The second-order valence-electron chi connectivity index (χ2n) is 1.92. The van der Waals surface area contributed by atoms with Gasteiger partial charge in [-0.25, -0.2) is 4.39 Å². The van der Waals surface area contributed by atoms with Crippen molar-refractivity contribution >= 4 is 16.8 Å². The van der Waals surface area contributed by atoms with Crippen LogP contribution in [-0.2, 0) is 11.1 Å². The molecule has 0 amide bonds. The first kappa shape index (κ1) is 8.16. The van der Waals surface area contributed by atoms with E-state index < -0.39 is 16.9 Å². The van der Waals surface area contributed by atoms with E-state index in [0.717, 1.165) is 12.1 Å². The second kappa shape index (κ2) is 2.98. The molecule has 0 aliphatic carbocycles. The summed E-state index contributed by atoms with van der Waals surface area (Å²) < 4.78 is 33.0. The van der Waals surface area contributed by atoms with Gasteiger partial charge in [0.1, 0.15) is 5.82 Å². The van der Waals surface area contributed by atoms with E-state index in [1.807, 2.05) is 0 Å². The molecule has 0 radical (unpaired) electrons. The van der Waals surface area contributed by atoms with Gasteiger partial charge in [0.25, 0.3) is 0 Å². The maximum atomic E-state index is 12.4. The number of rotatable bonds is 1. The molecule has 1 unspecified atom stereocenters. The molecule has 0 aromatic heterocycles. The first-order valence-corrected chi connectivity index (χ1v) is 3.83. The van der Waals surface area contributed by atoms with Gasteiger partial charge in [-0.1, -0.05) is 0 Å². The average molecular weight is 174 g/mol. The highest BCUT2D eigenvalue weighted by Crippen LogP contribution is 2.15. The predicted molar refractivity (Wildman–Crippen MR) is 38.0 cm³/mol. The lowest BCUT2D eigenvalue weighted by Gasteiger charge is -2.07. The molecule has 2 N–H and O–H groups in total. The van der Waals surface area contributed by atoms with E-state index in [2.05, 4.69) is 0 Å². The lowest BCUT2D eigenvalue weighted by atomic mass is 10.3. The molecule has 0 heterocycles. The fourth-order valence-electron chi connectivity index (χ4n) is 0.653. The van der Waals surface area contributed by atoms with Gasteiger partial charge in [0.2, 0.25) is 0 Å². The SMILES string of the molecule is Nc1ccc(F)cc1S(=O)[O-]. The quantitative estimate of drug-likeness (QED) is 0.502. The zero-order valence-corrected chi connectivity index (χ0v) is 6.23. The zero-order chi connectivity index (χ0) is 8.43. The van der Waals surface area contributed by atoms with Gasteiger partial charge < -0.3 is 10.3 Å². The van der Waals surface area contributed by atoms with Crippen LogP contribution < -0.4 is 5.73 Å².